The molecule has 0 saturated heterocycles. The maximum Gasteiger partial charge on any atom is 0.137 e. The van der Waals surface area contributed by atoms with Gasteiger partial charge in [-0.15, -0.1) is 0 Å². The number of hydrogen-bond donors (Lipinski definition) is 2. The second-order valence-corrected chi connectivity index (χ2v) is 8.03. The summed E-state index contributed by atoms with van der Waals surface area (Å²) in [6, 6.07) is 1.91. The minimum absolute atomic E-state index is 0.0115. The Morgan fingerprint density at radius 2 is 1.90 bits per heavy atom. The van der Waals surface area contributed by atoms with Crippen LogP contribution in [0.2, 0.25) is 0 Å². The van der Waals surface area contributed by atoms with Crippen LogP contribution in [0.3, 0.4) is 0 Å². The van der Waals surface area contributed by atoms with Crippen LogP contribution in [0.5, 0.6) is 0 Å². The summed E-state index contributed by atoms with van der Waals surface area (Å²) in [7, 11) is 0. The first-order valence-corrected chi connectivity index (χ1v) is 8.54. The highest BCUT2D eigenvalue weighted by Crippen LogP contribution is 2.36. The van der Waals surface area contributed by atoms with Crippen LogP contribution in [-0.4, -0.2) is 28.2 Å². The molecule has 1 aromatic heterocycles. The van der Waals surface area contributed by atoms with Crippen molar-refractivity contribution in [3.05, 3.63) is 16.5 Å². The van der Waals surface area contributed by atoms with Gasteiger partial charge in [-0.3, -0.25) is 0 Å². The molecule has 1 aliphatic carbocycles. The van der Waals surface area contributed by atoms with Gasteiger partial charge in [-0.2, -0.15) is 0 Å². The van der Waals surface area contributed by atoms with Gasteiger partial charge in [0.15, 0.2) is 0 Å². The third-order valence-corrected chi connectivity index (χ3v) is 4.67. The van der Waals surface area contributed by atoms with E-state index in [-0.39, 0.29) is 17.4 Å². The van der Waals surface area contributed by atoms with E-state index in [0.717, 1.165) is 35.6 Å². The van der Waals surface area contributed by atoms with E-state index in [0.29, 0.717) is 0 Å². The molecule has 0 amide bonds. The predicted octanol–water partition coefficient (Wildman–Crippen LogP) is 3.89. The highest BCUT2D eigenvalue weighted by molar-refractivity contribution is 9.10. The van der Waals surface area contributed by atoms with Gasteiger partial charge >= 0.3 is 0 Å². The molecule has 1 saturated carbocycles. The minimum atomic E-state index is -0.0836. The predicted molar refractivity (Wildman–Crippen MR) is 89.5 cm³/mol. The summed E-state index contributed by atoms with van der Waals surface area (Å²) in [6.45, 7) is 7.34. The third-order valence-electron chi connectivity index (χ3n) is 4.26. The molecule has 0 spiro atoms. The van der Waals surface area contributed by atoms with Crippen LogP contribution in [-0.2, 0) is 5.41 Å². The molecule has 1 aromatic rings. The van der Waals surface area contributed by atoms with Gasteiger partial charge in [-0.1, -0.05) is 40.0 Å². The molecule has 0 aliphatic heterocycles. The fraction of sp³-hybridized carbons (Fsp3) is 0.750. The number of halogens is 1. The molecule has 0 radical (unpaired) electrons. The Kier molecular flexibility index (Phi) is 5.25. The van der Waals surface area contributed by atoms with Crippen molar-refractivity contribution in [2.75, 3.05) is 18.5 Å². The zero-order valence-electron chi connectivity index (χ0n) is 13.2. The maximum absolute atomic E-state index is 9.78. The molecular weight excluding hydrogens is 330 g/mol. The molecular formula is C16H26BrN3O. The Bertz CT molecular complexity index is 479. The summed E-state index contributed by atoms with van der Waals surface area (Å²) in [5.74, 6) is 1.65. The Hall–Kier alpha value is -0.680. The van der Waals surface area contributed by atoms with Crippen molar-refractivity contribution in [1.82, 2.24) is 9.97 Å². The molecule has 1 aliphatic rings. The van der Waals surface area contributed by atoms with Gasteiger partial charge in [0.05, 0.1) is 6.61 Å². The lowest BCUT2D eigenvalue weighted by molar-refractivity contribution is 0.0943. The van der Waals surface area contributed by atoms with Gasteiger partial charge in [0.1, 0.15) is 16.2 Å². The second-order valence-electron chi connectivity index (χ2n) is 7.22. The third kappa shape index (κ3) is 4.39. The molecule has 5 heteroatoms. The van der Waals surface area contributed by atoms with Crippen LogP contribution < -0.4 is 5.32 Å². The van der Waals surface area contributed by atoms with Crippen molar-refractivity contribution < 1.29 is 5.11 Å². The fourth-order valence-corrected chi connectivity index (χ4v) is 3.20. The first-order chi connectivity index (χ1) is 9.85. The summed E-state index contributed by atoms with van der Waals surface area (Å²) in [4.78, 5) is 9.07. The Balaban J connectivity index is 2.10. The number of rotatable bonds is 4. The number of nitrogens with one attached hydrogen (secondary N) is 1. The Morgan fingerprint density at radius 3 is 2.48 bits per heavy atom. The Labute approximate surface area is 135 Å². The largest absolute Gasteiger partial charge is 0.396 e. The zero-order valence-corrected chi connectivity index (χ0v) is 14.8. The SMILES string of the molecule is CC(C)(C)c1nc(Br)cc(NCC2(CO)CCCCC2)n1. The van der Waals surface area contributed by atoms with Crippen LogP contribution in [0.25, 0.3) is 0 Å². The minimum Gasteiger partial charge on any atom is -0.396 e. The van der Waals surface area contributed by atoms with Crippen molar-refractivity contribution >= 4 is 21.7 Å². The summed E-state index contributed by atoms with van der Waals surface area (Å²) in [5, 5.41) is 13.2. The van der Waals surface area contributed by atoms with Gasteiger partial charge in [0.2, 0.25) is 0 Å². The monoisotopic (exact) mass is 355 g/mol. The molecule has 0 aromatic carbocycles. The molecule has 118 valence electrons. The first kappa shape index (κ1) is 16.7. The van der Waals surface area contributed by atoms with Crippen LogP contribution in [0.1, 0.15) is 58.7 Å². The quantitative estimate of drug-likeness (QED) is 0.804. The number of aliphatic hydroxyl groups is 1. The lowest BCUT2D eigenvalue weighted by atomic mass is 9.74. The van der Waals surface area contributed by atoms with Crippen molar-refractivity contribution in [2.24, 2.45) is 5.41 Å². The molecule has 1 heterocycles. The van der Waals surface area contributed by atoms with E-state index in [1.54, 1.807) is 0 Å². The van der Waals surface area contributed by atoms with E-state index in [1.807, 2.05) is 6.07 Å². The number of anilines is 1. The first-order valence-electron chi connectivity index (χ1n) is 7.74. The molecule has 1 fully saturated rings. The fourth-order valence-electron chi connectivity index (χ4n) is 2.81. The smallest absolute Gasteiger partial charge is 0.137 e. The van der Waals surface area contributed by atoms with Crippen molar-refractivity contribution in [3.8, 4) is 0 Å². The summed E-state index contributed by atoms with van der Waals surface area (Å²) >= 11 is 3.46. The molecule has 2 N–H and O–H groups in total. The van der Waals surface area contributed by atoms with Crippen LogP contribution in [0.15, 0.2) is 10.7 Å². The van der Waals surface area contributed by atoms with E-state index >= 15 is 0 Å². The van der Waals surface area contributed by atoms with Crippen molar-refractivity contribution in [3.63, 3.8) is 0 Å². The summed E-state index contributed by atoms with van der Waals surface area (Å²) in [5.41, 5.74) is -0.0721. The molecule has 0 atom stereocenters. The summed E-state index contributed by atoms with van der Waals surface area (Å²) in [6.07, 6.45) is 5.89. The standard InChI is InChI=1S/C16H26BrN3O/c1-15(2,3)14-19-12(17)9-13(20-14)18-10-16(11-21)7-5-4-6-8-16/h9,21H,4-8,10-11H2,1-3H3,(H,18,19,20). The summed E-state index contributed by atoms with van der Waals surface area (Å²) < 4.78 is 0.798. The second kappa shape index (κ2) is 6.61. The maximum atomic E-state index is 9.78. The molecule has 0 bridgehead atoms. The van der Waals surface area contributed by atoms with Gasteiger partial charge in [0.25, 0.3) is 0 Å². The van der Waals surface area contributed by atoms with Crippen LogP contribution in [0.4, 0.5) is 5.82 Å². The normalized spacial score (nSPS) is 18.5. The molecule has 0 unspecified atom stereocenters. The van der Waals surface area contributed by atoms with E-state index in [1.165, 1.54) is 19.3 Å². The van der Waals surface area contributed by atoms with Crippen molar-refractivity contribution in [1.29, 1.82) is 0 Å². The van der Waals surface area contributed by atoms with E-state index in [4.69, 9.17) is 0 Å². The number of aliphatic hydroxyl groups excluding tert-OH is 1. The highest BCUT2D eigenvalue weighted by atomic mass is 79.9. The van der Waals surface area contributed by atoms with Crippen molar-refractivity contribution in [2.45, 2.75) is 58.3 Å². The number of hydrogen-bond acceptors (Lipinski definition) is 4. The van der Waals surface area contributed by atoms with Crippen LogP contribution >= 0.6 is 15.9 Å². The van der Waals surface area contributed by atoms with Gasteiger partial charge in [0, 0.05) is 23.4 Å². The van der Waals surface area contributed by atoms with E-state index in [9.17, 15) is 5.11 Å². The van der Waals surface area contributed by atoms with Crippen LogP contribution in [0, 0.1) is 5.41 Å². The average molecular weight is 356 g/mol. The zero-order chi connectivity index (χ0) is 15.5. The Morgan fingerprint density at radius 1 is 1.24 bits per heavy atom. The topological polar surface area (TPSA) is 58.0 Å². The highest BCUT2D eigenvalue weighted by Gasteiger charge is 2.31. The van der Waals surface area contributed by atoms with Gasteiger partial charge < -0.3 is 10.4 Å². The number of aromatic nitrogens is 2. The molecule has 4 nitrogen and oxygen atoms in total. The lowest BCUT2D eigenvalue weighted by Crippen LogP contribution is -2.35. The molecule has 2 rings (SSSR count). The van der Waals surface area contributed by atoms with Gasteiger partial charge in [-0.05, 0) is 28.8 Å². The van der Waals surface area contributed by atoms with E-state index in [2.05, 4.69) is 52.0 Å². The van der Waals surface area contributed by atoms with E-state index < -0.39 is 0 Å². The van der Waals surface area contributed by atoms with Gasteiger partial charge in [-0.25, -0.2) is 9.97 Å². The number of nitrogens with zero attached hydrogens (tertiary/aromatic N) is 2. The average Bonchev–Trinajstić information content (AvgIpc) is 2.45. The molecule has 21 heavy (non-hydrogen) atoms. The lowest BCUT2D eigenvalue weighted by Gasteiger charge is -2.35.